The van der Waals surface area contributed by atoms with Gasteiger partial charge in [-0.15, -0.1) is 0 Å². The number of nitrogens with one attached hydrogen (secondary N) is 1. The van der Waals surface area contributed by atoms with E-state index in [0.29, 0.717) is 26.1 Å². The lowest BCUT2D eigenvalue weighted by Crippen LogP contribution is -2.52. The van der Waals surface area contributed by atoms with E-state index >= 15 is 0 Å². The molecule has 114 valence electrons. The Morgan fingerprint density at radius 1 is 1.35 bits per heavy atom. The number of imide groups is 1. The van der Waals surface area contributed by atoms with Crippen LogP contribution in [0.3, 0.4) is 0 Å². The van der Waals surface area contributed by atoms with Crippen molar-refractivity contribution in [1.29, 1.82) is 0 Å². The first-order valence-corrected chi connectivity index (χ1v) is 6.81. The summed E-state index contributed by atoms with van der Waals surface area (Å²) in [6.45, 7) is 6.73. The van der Waals surface area contributed by atoms with E-state index < -0.39 is 23.1 Å². The molecule has 1 aliphatic rings. The van der Waals surface area contributed by atoms with E-state index in [1.54, 1.807) is 20.8 Å². The van der Waals surface area contributed by atoms with Crippen molar-refractivity contribution in [3.8, 4) is 0 Å². The van der Waals surface area contributed by atoms with Crippen molar-refractivity contribution in [2.24, 2.45) is 0 Å². The number of ether oxygens (including phenoxy) is 1. The molecule has 1 N–H and O–H groups in total. The van der Waals surface area contributed by atoms with Crippen LogP contribution in [0.15, 0.2) is 0 Å². The number of carbonyl (C=O) groups excluding carboxylic acids is 3. The minimum absolute atomic E-state index is 0.255. The first-order valence-electron chi connectivity index (χ1n) is 6.43. The van der Waals surface area contributed by atoms with Gasteiger partial charge in [-0.25, -0.2) is 9.59 Å². The lowest BCUT2D eigenvalue weighted by atomic mass is 10.2. The molecule has 7 nitrogen and oxygen atoms in total. The number of hydrogen-bond acceptors (Lipinski definition) is 4. The molecule has 4 amide bonds. The van der Waals surface area contributed by atoms with Gasteiger partial charge in [-0.2, -0.15) is 0 Å². The molecule has 0 bridgehead atoms. The van der Waals surface area contributed by atoms with Gasteiger partial charge in [-0.05, 0) is 38.8 Å². The zero-order valence-electron chi connectivity index (χ0n) is 11.9. The maximum atomic E-state index is 11.9. The highest BCUT2D eigenvalue weighted by Gasteiger charge is 2.29. The average Bonchev–Trinajstić information content (AvgIpc) is 2.28. The van der Waals surface area contributed by atoms with Gasteiger partial charge in [0.2, 0.25) is 0 Å². The number of alkyl carbamates (subject to hydrolysis) is 1. The number of hydrogen-bond donors (Lipinski definition) is 1. The van der Waals surface area contributed by atoms with Crippen LogP contribution >= 0.6 is 11.6 Å². The van der Waals surface area contributed by atoms with E-state index in [4.69, 9.17) is 16.3 Å². The molecule has 20 heavy (non-hydrogen) atoms. The Morgan fingerprint density at radius 2 is 2.00 bits per heavy atom. The first-order chi connectivity index (χ1) is 9.20. The van der Waals surface area contributed by atoms with E-state index in [9.17, 15) is 14.4 Å². The van der Waals surface area contributed by atoms with Crippen LogP contribution in [0, 0.1) is 0 Å². The molecule has 8 heteroatoms. The summed E-state index contributed by atoms with van der Waals surface area (Å²) in [6.07, 6.45) is 0.128. The highest BCUT2D eigenvalue weighted by Crippen LogP contribution is 2.11. The maximum absolute atomic E-state index is 11.9. The van der Waals surface area contributed by atoms with E-state index in [1.165, 1.54) is 4.90 Å². The standard InChI is InChI=1S/C12H20ClN3O4/c1-12(2,3)20-10(18)14-5-8-15-6-4-7-16(9(13)17)11(15)19/h4-8H2,1-3H3,(H,14,18). The summed E-state index contributed by atoms with van der Waals surface area (Å²) in [5, 5.41) is 1.78. The highest BCUT2D eigenvalue weighted by molar-refractivity contribution is 6.64. The topological polar surface area (TPSA) is 79.0 Å². The van der Waals surface area contributed by atoms with Crippen LogP contribution in [0.5, 0.6) is 0 Å². The normalized spacial score (nSPS) is 16.1. The maximum Gasteiger partial charge on any atom is 0.407 e. The third-order valence-electron chi connectivity index (χ3n) is 2.57. The first kappa shape index (κ1) is 16.6. The summed E-state index contributed by atoms with van der Waals surface area (Å²) in [5.41, 5.74) is -0.563. The van der Waals surface area contributed by atoms with Crippen LogP contribution in [-0.4, -0.2) is 59.1 Å². The van der Waals surface area contributed by atoms with Crippen LogP contribution < -0.4 is 5.32 Å². The minimum Gasteiger partial charge on any atom is -0.444 e. The number of nitrogens with zero attached hydrogens (tertiary/aromatic N) is 2. The van der Waals surface area contributed by atoms with E-state index in [1.807, 2.05) is 0 Å². The van der Waals surface area contributed by atoms with E-state index in [2.05, 4.69) is 5.32 Å². The molecule has 0 saturated carbocycles. The SMILES string of the molecule is CC(C)(C)OC(=O)NCCN1CCCN(C(=O)Cl)C1=O. The monoisotopic (exact) mass is 305 g/mol. The van der Waals surface area contributed by atoms with Gasteiger partial charge in [0.05, 0.1) is 0 Å². The Morgan fingerprint density at radius 3 is 2.55 bits per heavy atom. The van der Waals surface area contributed by atoms with Gasteiger partial charge in [0.15, 0.2) is 0 Å². The smallest absolute Gasteiger partial charge is 0.407 e. The molecule has 1 saturated heterocycles. The van der Waals surface area contributed by atoms with Crippen molar-refractivity contribution in [2.45, 2.75) is 32.8 Å². The largest absolute Gasteiger partial charge is 0.444 e. The van der Waals surface area contributed by atoms with Crippen molar-refractivity contribution in [3.63, 3.8) is 0 Å². The Balaban J connectivity index is 2.36. The summed E-state index contributed by atoms with van der Waals surface area (Å²) < 4.78 is 5.07. The van der Waals surface area contributed by atoms with Crippen LogP contribution in [0.25, 0.3) is 0 Å². The predicted octanol–water partition coefficient (Wildman–Crippen LogP) is 2.00. The molecule has 0 unspecified atom stereocenters. The molecule has 0 aromatic rings. The van der Waals surface area contributed by atoms with Gasteiger partial charge in [-0.3, -0.25) is 9.69 Å². The summed E-state index contributed by atoms with van der Waals surface area (Å²) in [6, 6.07) is -0.428. The third-order valence-corrected chi connectivity index (χ3v) is 2.78. The second-order valence-electron chi connectivity index (χ2n) is 5.46. The van der Waals surface area contributed by atoms with Gasteiger partial charge in [0.1, 0.15) is 5.60 Å². The average molecular weight is 306 g/mol. The van der Waals surface area contributed by atoms with Crippen molar-refractivity contribution < 1.29 is 19.1 Å². The third kappa shape index (κ3) is 5.24. The second-order valence-corrected chi connectivity index (χ2v) is 5.78. The van der Waals surface area contributed by atoms with Gasteiger partial charge in [0, 0.05) is 26.2 Å². The Kier molecular flexibility index (Phi) is 5.62. The molecule has 1 heterocycles. The Labute approximate surface area is 123 Å². The van der Waals surface area contributed by atoms with Crippen molar-refractivity contribution in [1.82, 2.24) is 15.1 Å². The Hall–Kier alpha value is -1.50. The van der Waals surface area contributed by atoms with Crippen LogP contribution in [0.2, 0.25) is 0 Å². The zero-order chi connectivity index (χ0) is 15.3. The quantitative estimate of drug-likeness (QED) is 0.639. The van der Waals surface area contributed by atoms with Crippen LogP contribution in [0.4, 0.5) is 14.4 Å². The zero-order valence-corrected chi connectivity index (χ0v) is 12.7. The Bertz CT molecular complexity index is 395. The summed E-state index contributed by atoms with van der Waals surface area (Å²) in [4.78, 5) is 36.8. The summed E-state index contributed by atoms with van der Waals surface area (Å²) in [5.74, 6) is 0. The fraction of sp³-hybridized carbons (Fsp3) is 0.750. The number of rotatable bonds is 3. The fourth-order valence-corrected chi connectivity index (χ4v) is 1.92. The second kappa shape index (κ2) is 6.78. The van der Waals surface area contributed by atoms with E-state index in [-0.39, 0.29) is 6.54 Å². The molecular weight excluding hydrogens is 286 g/mol. The lowest BCUT2D eigenvalue weighted by Gasteiger charge is -2.33. The van der Waals surface area contributed by atoms with Crippen LogP contribution in [-0.2, 0) is 4.74 Å². The number of halogens is 1. The molecule has 0 spiro atoms. The van der Waals surface area contributed by atoms with Gasteiger partial charge in [-0.1, -0.05) is 0 Å². The molecule has 0 aromatic carbocycles. The van der Waals surface area contributed by atoms with Gasteiger partial charge < -0.3 is 15.0 Å². The molecule has 1 fully saturated rings. The lowest BCUT2D eigenvalue weighted by molar-refractivity contribution is 0.0520. The van der Waals surface area contributed by atoms with Crippen molar-refractivity contribution in [2.75, 3.05) is 26.2 Å². The molecular formula is C12H20ClN3O4. The van der Waals surface area contributed by atoms with Gasteiger partial charge >= 0.3 is 17.5 Å². The predicted molar refractivity (Wildman–Crippen MR) is 73.8 cm³/mol. The summed E-state index contributed by atoms with van der Waals surface area (Å²) in [7, 11) is 0. The van der Waals surface area contributed by atoms with Crippen molar-refractivity contribution >= 4 is 29.1 Å². The minimum atomic E-state index is -0.778. The van der Waals surface area contributed by atoms with Crippen molar-refractivity contribution in [3.05, 3.63) is 0 Å². The van der Waals surface area contributed by atoms with Gasteiger partial charge in [0.25, 0.3) is 0 Å². The fourth-order valence-electron chi connectivity index (χ4n) is 1.76. The summed E-state index contributed by atoms with van der Waals surface area (Å²) >= 11 is 5.32. The van der Waals surface area contributed by atoms with E-state index in [0.717, 1.165) is 4.90 Å². The molecule has 1 aliphatic heterocycles. The molecule has 0 aromatic heterocycles. The molecule has 0 radical (unpaired) electrons. The highest BCUT2D eigenvalue weighted by atomic mass is 35.5. The molecule has 0 atom stereocenters. The molecule has 0 aliphatic carbocycles. The number of amides is 4. The number of urea groups is 1. The number of carbonyl (C=O) groups is 3. The molecule has 1 rings (SSSR count). The van der Waals surface area contributed by atoms with Crippen LogP contribution in [0.1, 0.15) is 27.2 Å².